The molecule has 650 valence electrons. The molecule has 3 aromatic carbocycles. The van der Waals surface area contributed by atoms with Crippen molar-refractivity contribution in [2.24, 2.45) is 28.1 Å². The number of pyridine rings is 1. The van der Waals surface area contributed by atoms with Crippen molar-refractivity contribution in [1.82, 2.24) is 39.8 Å². The first-order chi connectivity index (χ1) is 57.4. The van der Waals surface area contributed by atoms with Crippen molar-refractivity contribution in [3.63, 3.8) is 0 Å². The number of ether oxygens (including phenoxy) is 4. The molecular formula is C85H104N10O24S2. The Morgan fingerprint density at radius 1 is 0.860 bits per heavy atom. The average Bonchev–Trinajstić information content (AvgIpc) is 1.23. The maximum absolute atomic E-state index is 14.5. The van der Waals surface area contributed by atoms with Gasteiger partial charge in [-0.2, -0.15) is 23.1 Å². The lowest BCUT2D eigenvalue weighted by Gasteiger charge is -2.69. The summed E-state index contributed by atoms with van der Waals surface area (Å²) in [6.07, 6.45) is 1.99. The Morgan fingerprint density at radius 2 is 1.59 bits per heavy atom. The maximum Gasteiger partial charge on any atom is 0.410 e. The van der Waals surface area contributed by atoms with Gasteiger partial charge in [-0.1, -0.05) is 81.5 Å². The number of rotatable bonds is 36. The van der Waals surface area contributed by atoms with E-state index in [1.807, 2.05) is 59.0 Å². The molecule has 4 saturated carbocycles. The summed E-state index contributed by atoms with van der Waals surface area (Å²) in [4.78, 5) is 154. The lowest BCUT2D eigenvalue weighted by Crippen LogP contribution is -2.64. The number of nitrogens with zero attached hydrogens (tertiary/aromatic N) is 8. The van der Waals surface area contributed by atoms with Crippen LogP contribution in [0.3, 0.4) is 0 Å². The number of aliphatic hydroxyl groups excluding tert-OH is 5. The Kier molecular flexibility index (Phi) is 28.2. The summed E-state index contributed by atoms with van der Waals surface area (Å²) in [6, 6.07) is 18.7. The lowest BCUT2D eigenvalue weighted by molar-refractivity contribution is -0.248. The number of benzene rings is 3. The number of likely N-dealkylation sites (tertiary alicyclic amines) is 1. The Morgan fingerprint density at radius 3 is 2.28 bits per heavy atom. The molecule has 4 bridgehead atoms. The third-order valence-corrected chi connectivity index (χ3v) is 26.1. The van der Waals surface area contributed by atoms with E-state index in [2.05, 4.69) is 29.5 Å². The average molecular weight is 1710 g/mol. The number of para-hydroxylation sites is 1. The number of fused-ring (bicyclic) bond motifs is 2. The molecular weight excluding hydrogens is 1610 g/mol. The second-order valence-corrected chi connectivity index (χ2v) is 36.9. The fourth-order valence-corrected chi connectivity index (χ4v) is 20.9. The van der Waals surface area contributed by atoms with Gasteiger partial charge in [0.25, 0.3) is 27.8 Å². The van der Waals surface area contributed by atoms with Gasteiger partial charge in [0.05, 0.1) is 91.6 Å². The van der Waals surface area contributed by atoms with Gasteiger partial charge < -0.3 is 69.6 Å². The number of nitrogens with one attached hydrogen (secondary N) is 2. The van der Waals surface area contributed by atoms with Crippen molar-refractivity contribution in [3.8, 4) is 11.1 Å². The molecule has 3 aromatic heterocycles. The van der Waals surface area contributed by atoms with E-state index in [1.54, 1.807) is 50.4 Å². The molecule has 36 heteroatoms. The molecule has 34 nitrogen and oxygen atoms in total. The Bertz CT molecular complexity index is 5030. The van der Waals surface area contributed by atoms with Crippen molar-refractivity contribution in [2.75, 3.05) is 75.2 Å². The van der Waals surface area contributed by atoms with E-state index < -0.39 is 155 Å². The zero-order valence-corrected chi connectivity index (χ0v) is 69.9. The number of hydrogen-bond acceptors (Lipinski definition) is 27. The second kappa shape index (κ2) is 37.8. The fourth-order valence-electron chi connectivity index (χ4n) is 19.7. The number of ketones is 2. The molecule has 14 rings (SSSR count). The minimum Gasteiger partial charge on any atom is -0.476 e. The Labute approximate surface area is 702 Å². The van der Waals surface area contributed by atoms with E-state index >= 15 is 0 Å². The number of aryl methyl sites for hydroxylation is 1. The monoisotopic (exact) mass is 1710 g/mol. The number of imide groups is 1. The smallest absolute Gasteiger partial charge is 0.410 e. The number of aromatic carboxylic acids is 1. The third-order valence-electron chi connectivity index (χ3n) is 24.5. The van der Waals surface area contributed by atoms with E-state index in [0.29, 0.717) is 76.8 Å². The van der Waals surface area contributed by atoms with Gasteiger partial charge in [-0.15, -0.1) is 0 Å². The molecule has 2 unspecified atom stereocenters. The maximum atomic E-state index is 14.5. The molecule has 2 saturated heterocycles. The first-order valence-electron chi connectivity index (χ1n) is 40.6. The van der Waals surface area contributed by atoms with Crippen LogP contribution in [0.1, 0.15) is 153 Å². The molecule has 0 spiro atoms. The number of thiazole rings is 1. The molecule has 11 atom stereocenters. The van der Waals surface area contributed by atoms with E-state index in [4.69, 9.17) is 38.6 Å². The standard InChI is InChI=1S/C84H104N10O22S2.CO2/c1-48(2)60(33-57(97)35-92-55(39-113-28-29-118(110,111)112)32-64(77(92)106)94-70(100)20-21-71(94)101)76(105)86-49(3)65(98)31-51-14-15-54(53(30-51)16-18-67-74(103)73(102)66(99)40-114-67)38-115-80(109)90(25-23-56(96)37-95)26-27-116-84-44-81(5)41-82(6,45-84)43-83(42-81,46-84)47-93-50(4)61(34-85-93)58-17-19-69(88-72(58)78(107)108)91-24-22-52-10-9-11-59(62(52)36-91)75(104)89-79-87-63-12-7-8-13-68(63)117-79;2-1-3/h7-15,17,19-21,30,34,48-49,55-56,60,64,66-67,73-74,95-96,99,102-103H,16,18,22-29,31-33,35-47H2,1-6H3,(H,86,105)(H,107,108)(H,87,89,104)(H,110,111,112);/t49-,55-,56-,60-,64-,66+,67-,73-,74-,81?,82?,83?,84?;/m0./s1. The largest absolute Gasteiger partial charge is 0.476 e. The van der Waals surface area contributed by atoms with Crippen molar-refractivity contribution in [3.05, 3.63) is 136 Å². The second-order valence-electron chi connectivity index (χ2n) is 34.3. The summed E-state index contributed by atoms with van der Waals surface area (Å²) in [7, 11) is -4.40. The minimum absolute atomic E-state index is 0.00415. The number of carboxylic acid groups (broad SMARTS) is 1. The topological polar surface area (TPSA) is 481 Å². The van der Waals surface area contributed by atoms with Crippen LogP contribution in [0.25, 0.3) is 21.3 Å². The molecule has 0 radical (unpaired) electrons. The van der Waals surface area contributed by atoms with Crippen LogP contribution < -0.4 is 15.5 Å². The van der Waals surface area contributed by atoms with E-state index in [0.717, 1.165) is 81.1 Å². The van der Waals surface area contributed by atoms with Crippen LogP contribution in [0.5, 0.6) is 0 Å². The zero-order valence-electron chi connectivity index (χ0n) is 68.3. The van der Waals surface area contributed by atoms with Crippen LogP contribution >= 0.6 is 11.3 Å². The molecule has 6 aromatic rings. The molecule has 6 amide bonds. The summed E-state index contributed by atoms with van der Waals surface area (Å²) in [5.41, 5.74) is 5.25. The normalized spacial score (nSPS) is 24.9. The van der Waals surface area contributed by atoms with Gasteiger partial charge in [0.2, 0.25) is 11.8 Å². The number of anilines is 2. The first-order valence-corrected chi connectivity index (χ1v) is 43.0. The van der Waals surface area contributed by atoms with Gasteiger partial charge in [-0.25, -0.2) is 19.6 Å². The number of aromatic nitrogens is 4. The number of Topliss-reactive ketones (excluding diaryl/α,β-unsaturated/α-hetero) is 2. The predicted molar refractivity (Wildman–Crippen MR) is 434 cm³/mol. The van der Waals surface area contributed by atoms with Crippen molar-refractivity contribution in [2.45, 2.75) is 199 Å². The van der Waals surface area contributed by atoms with Crippen LogP contribution in [0, 0.1) is 35.0 Å². The number of carbonyl (C=O) groups is 9. The van der Waals surface area contributed by atoms with Crippen LogP contribution in [0.15, 0.2) is 91.1 Å². The number of carbonyl (C=O) groups excluding carboxylic acids is 10. The van der Waals surface area contributed by atoms with Gasteiger partial charge in [-0.3, -0.25) is 53.0 Å². The van der Waals surface area contributed by atoms with E-state index in [-0.39, 0.29) is 106 Å². The highest BCUT2D eigenvalue weighted by Crippen LogP contribution is 2.72. The highest BCUT2D eigenvalue weighted by atomic mass is 32.2. The summed E-state index contributed by atoms with van der Waals surface area (Å²) < 4.78 is 59.3. The Hall–Kier alpha value is -9.95. The molecule has 9 N–H and O–H groups in total. The molecule has 8 aliphatic rings. The molecule has 4 aliphatic heterocycles. The molecule has 6 fully saturated rings. The van der Waals surface area contributed by atoms with Crippen molar-refractivity contribution < 1.29 is 115 Å². The molecule has 121 heavy (non-hydrogen) atoms. The summed E-state index contributed by atoms with van der Waals surface area (Å²) in [5, 5.41) is 74.4. The van der Waals surface area contributed by atoms with Crippen LogP contribution in [-0.2, 0) is 106 Å². The molecule has 4 aliphatic carbocycles. The van der Waals surface area contributed by atoms with Gasteiger partial charge >= 0.3 is 18.2 Å². The van der Waals surface area contributed by atoms with Gasteiger partial charge in [0.15, 0.2) is 22.4 Å². The number of aliphatic hydroxyl groups is 5. The van der Waals surface area contributed by atoms with Gasteiger partial charge in [0.1, 0.15) is 36.8 Å². The fraction of sp³-hybridized carbons (Fsp3) is 0.541. The highest BCUT2D eigenvalue weighted by molar-refractivity contribution is 7.85. The van der Waals surface area contributed by atoms with E-state index in [1.165, 1.54) is 23.2 Å². The number of carboxylic acids is 1. The van der Waals surface area contributed by atoms with Crippen molar-refractivity contribution >= 4 is 102 Å². The highest BCUT2D eigenvalue weighted by Gasteiger charge is 2.66. The van der Waals surface area contributed by atoms with Crippen LogP contribution in [-0.4, -0.2) is 257 Å². The van der Waals surface area contributed by atoms with Gasteiger partial charge in [0, 0.05) is 92.4 Å². The predicted octanol–water partition coefficient (Wildman–Crippen LogP) is 5.37. The quantitative estimate of drug-likeness (QED) is 0.0136. The van der Waals surface area contributed by atoms with E-state index in [9.17, 15) is 86.8 Å². The SMILES string of the molecule is Cc1c(-c2ccc(N3CCc4cccc(C(=O)Nc5nc6ccccc6s5)c4C3)nc2C(=O)O)cnn1CC12CC3(C)CC(C)(C1)CC(OCCN(CC[C@H](O)CO)C(=O)OCc1ccc(CC(=O)[C@H](C)NC(=O)[C@@H](CC(=O)CN4C(=O)[C@@H](N5C(=O)C=CC5=O)C[C@H]4COCCS(=O)(=O)O)C(C)C)cc1CC[C@@H]1OC[C@@H](O)[C@H](O)[C@H]1O)(C3)C2.O=C=O. The Balaban J connectivity index is 0.00000440. The third kappa shape index (κ3) is 21.2. The zero-order chi connectivity index (χ0) is 87.2. The summed E-state index contributed by atoms with van der Waals surface area (Å²) in [5.74, 6) is -7.13. The minimum atomic E-state index is -4.40. The van der Waals surface area contributed by atoms with Crippen LogP contribution in [0.2, 0.25) is 0 Å². The molecule has 7 heterocycles. The first kappa shape index (κ1) is 90.3. The number of hydrogen-bond donors (Lipinski definition) is 9. The van der Waals surface area contributed by atoms with Crippen molar-refractivity contribution in [1.29, 1.82) is 0 Å². The van der Waals surface area contributed by atoms with Gasteiger partial charge in [-0.05, 0) is 158 Å². The summed E-state index contributed by atoms with van der Waals surface area (Å²) >= 11 is 1.39. The lowest BCUT2D eigenvalue weighted by atomic mass is 9.39. The van der Waals surface area contributed by atoms with Crippen LogP contribution in [0.4, 0.5) is 15.7 Å². The summed E-state index contributed by atoms with van der Waals surface area (Å²) in [6.45, 7) is 10.5. The number of amides is 6.